The SMILES string of the molecule is CCNCc1cc(S(=O)(=O)NCc2cc(Br)cs2)c(C)s1. The first-order valence-electron chi connectivity index (χ1n) is 6.45. The summed E-state index contributed by atoms with van der Waals surface area (Å²) in [4.78, 5) is 3.22. The van der Waals surface area contributed by atoms with Crippen molar-refractivity contribution in [3.63, 3.8) is 0 Å². The molecule has 0 spiro atoms. The van der Waals surface area contributed by atoms with E-state index in [2.05, 4.69) is 26.0 Å². The highest BCUT2D eigenvalue weighted by Gasteiger charge is 2.19. The van der Waals surface area contributed by atoms with Gasteiger partial charge < -0.3 is 5.32 Å². The number of aryl methyl sites for hydroxylation is 1. The van der Waals surface area contributed by atoms with E-state index in [0.717, 1.165) is 25.6 Å². The lowest BCUT2D eigenvalue weighted by molar-refractivity contribution is 0.581. The van der Waals surface area contributed by atoms with Crippen LogP contribution in [-0.2, 0) is 23.1 Å². The Bertz CT molecular complexity index is 707. The second-order valence-electron chi connectivity index (χ2n) is 4.47. The van der Waals surface area contributed by atoms with Gasteiger partial charge in [0.2, 0.25) is 10.0 Å². The molecule has 4 nitrogen and oxygen atoms in total. The average molecular weight is 409 g/mol. The van der Waals surface area contributed by atoms with Gasteiger partial charge in [0.25, 0.3) is 0 Å². The third kappa shape index (κ3) is 4.61. The van der Waals surface area contributed by atoms with Crippen molar-refractivity contribution >= 4 is 48.6 Å². The molecule has 0 amide bonds. The lowest BCUT2D eigenvalue weighted by atomic mass is 10.4. The Kier molecular flexibility index (Phi) is 5.98. The standard InChI is InChI=1S/C13H17BrN2O2S3/c1-3-15-6-12-5-13(9(2)20-12)21(17,18)16-7-11-4-10(14)8-19-11/h4-5,8,15-16H,3,6-7H2,1-2H3. The van der Waals surface area contributed by atoms with Gasteiger partial charge in [0.1, 0.15) is 0 Å². The molecule has 2 heterocycles. The Balaban J connectivity index is 2.09. The third-order valence-electron chi connectivity index (χ3n) is 2.82. The molecule has 0 atom stereocenters. The lowest BCUT2D eigenvalue weighted by Gasteiger charge is -2.04. The molecule has 8 heteroatoms. The second-order valence-corrected chi connectivity index (χ2v) is 9.46. The van der Waals surface area contributed by atoms with E-state index >= 15 is 0 Å². The van der Waals surface area contributed by atoms with E-state index in [1.807, 2.05) is 25.3 Å². The summed E-state index contributed by atoms with van der Waals surface area (Å²) < 4.78 is 28.4. The third-order valence-corrected chi connectivity index (χ3v) is 7.22. The highest BCUT2D eigenvalue weighted by Crippen LogP contribution is 2.26. The quantitative estimate of drug-likeness (QED) is 0.736. The minimum Gasteiger partial charge on any atom is -0.312 e. The zero-order valence-corrected chi connectivity index (χ0v) is 15.8. The maximum Gasteiger partial charge on any atom is 0.242 e. The van der Waals surface area contributed by atoms with Crippen LogP contribution in [0.4, 0.5) is 0 Å². The van der Waals surface area contributed by atoms with Crippen molar-refractivity contribution in [1.82, 2.24) is 10.0 Å². The molecule has 2 rings (SSSR count). The summed E-state index contributed by atoms with van der Waals surface area (Å²) in [6.07, 6.45) is 0. The predicted octanol–water partition coefficient (Wildman–Crippen LogP) is 3.47. The van der Waals surface area contributed by atoms with Crippen molar-refractivity contribution in [2.45, 2.75) is 31.8 Å². The first kappa shape index (κ1) is 17.1. The van der Waals surface area contributed by atoms with Crippen molar-refractivity contribution in [3.05, 3.63) is 36.6 Å². The fourth-order valence-corrected chi connectivity index (χ4v) is 5.91. The fourth-order valence-electron chi connectivity index (χ4n) is 1.82. The minimum absolute atomic E-state index is 0.316. The summed E-state index contributed by atoms with van der Waals surface area (Å²) in [7, 11) is -3.46. The van der Waals surface area contributed by atoms with E-state index in [-0.39, 0.29) is 0 Å². The molecule has 0 radical (unpaired) electrons. The first-order chi connectivity index (χ1) is 9.92. The number of thiophene rings is 2. The number of halogens is 1. The highest BCUT2D eigenvalue weighted by molar-refractivity contribution is 9.10. The van der Waals surface area contributed by atoms with Gasteiger partial charge in [-0.05, 0) is 41.5 Å². The van der Waals surface area contributed by atoms with Crippen molar-refractivity contribution in [3.8, 4) is 0 Å². The molecule has 0 aliphatic carbocycles. The summed E-state index contributed by atoms with van der Waals surface area (Å²) in [5, 5.41) is 5.15. The molecule has 116 valence electrons. The molecule has 2 aromatic rings. The number of rotatable bonds is 7. The summed E-state index contributed by atoms with van der Waals surface area (Å²) in [5.41, 5.74) is 0. The van der Waals surface area contributed by atoms with E-state index in [4.69, 9.17) is 0 Å². The van der Waals surface area contributed by atoms with Gasteiger partial charge in [0.05, 0.1) is 4.90 Å². The molecule has 0 aromatic carbocycles. The number of sulfonamides is 1. The molecule has 2 N–H and O–H groups in total. The molecular formula is C13H17BrN2O2S3. The van der Waals surface area contributed by atoms with E-state index < -0.39 is 10.0 Å². The van der Waals surface area contributed by atoms with E-state index in [0.29, 0.717) is 18.0 Å². The van der Waals surface area contributed by atoms with Crippen LogP contribution in [0, 0.1) is 6.92 Å². The Morgan fingerprint density at radius 3 is 2.62 bits per heavy atom. The zero-order valence-electron chi connectivity index (χ0n) is 11.8. The van der Waals surface area contributed by atoms with Crippen LogP contribution in [0.3, 0.4) is 0 Å². The molecule has 0 aliphatic heterocycles. The summed E-state index contributed by atoms with van der Waals surface area (Å²) in [6, 6.07) is 3.68. The molecule has 0 saturated carbocycles. The largest absolute Gasteiger partial charge is 0.312 e. The number of nitrogens with one attached hydrogen (secondary N) is 2. The average Bonchev–Trinajstić information content (AvgIpc) is 3.00. The molecule has 21 heavy (non-hydrogen) atoms. The fraction of sp³-hybridized carbons (Fsp3) is 0.385. The Morgan fingerprint density at radius 1 is 1.24 bits per heavy atom. The molecule has 0 unspecified atom stereocenters. The predicted molar refractivity (Wildman–Crippen MR) is 92.5 cm³/mol. The van der Waals surface area contributed by atoms with E-state index in [1.54, 1.807) is 6.07 Å². The van der Waals surface area contributed by atoms with Crippen LogP contribution in [0.5, 0.6) is 0 Å². The van der Waals surface area contributed by atoms with Crippen LogP contribution < -0.4 is 10.0 Å². The number of hydrogen-bond acceptors (Lipinski definition) is 5. The summed E-state index contributed by atoms with van der Waals surface area (Å²) in [6.45, 7) is 5.76. The van der Waals surface area contributed by atoms with Gasteiger partial charge in [0.15, 0.2) is 0 Å². The monoisotopic (exact) mass is 408 g/mol. The van der Waals surface area contributed by atoms with Crippen molar-refractivity contribution in [1.29, 1.82) is 0 Å². The molecule has 0 saturated heterocycles. The van der Waals surface area contributed by atoms with Gasteiger partial charge in [-0.15, -0.1) is 22.7 Å². The summed E-state index contributed by atoms with van der Waals surface area (Å²) in [5.74, 6) is 0. The summed E-state index contributed by atoms with van der Waals surface area (Å²) >= 11 is 6.41. The van der Waals surface area contributed by atoms with Gasteiger partial charge in [-0.3, -0.25) is 0 Å². The topological polar surface area (TPSA) is 58.2 Å². The maximum atomic E-state index is 12.4. The van der Waals surface area contributed by atoms with Crippen LogP contribution in [-0.4, -0.2) is 15.0 Å². The highest BCUT2D eigenvalue weighted by atomic mass is 79.9. The Hall–Kier alpha value is -0.250. The Labute approximate surface area is 141 Å². The van der Waals surface area contributed by atoms with Crippen molar-refractivity contribution < 1.29 is 8.42 Å². The van der Waals surface area contributed by atoms with E-state index in [1.165, 1.54) is 22.7 Å². The van der Waals surface area contributed by atoms with Gasteiger partial charge in [-0.25, -0.2) is 13.1 Å². The van der Waals surface area contributed by atoms with Crippen LogP contribution in [0.1, 0.15) is 21.6 Å². The normalized spacial score (nSPS) is 12.0. The zero-order chi connectivity index (χ0) is 15.5. The lowest BCUT2D eigenvalue weighted by Crippen LogP contribution is -2.23. The van der Waals surface area contributed by atoms with Gasteiger partial charge in [-0.1, -0.05) is 6.92 Å². The van der Waals surface area contributed by atoms with Crippen LogP contribution in [0.2, 0.25) is 0 Å². The molecule has 0 fully saturated rings. The van der Waals surface area contributed by atoms with Crippen molar-refractivity contribution in [2.75, 3.05) is 6.54 Å². The van der Waals surface area contributed by atoms with Crippen LogP contribution >= 0.6 is 38.6 Å². The molecular weight excluding hydrogens is 392 g/mol. The first-order valence-corrected chi connectivity index (χ1v) is 10.4. The van der Waals surface area contributed by atoms with Gasteiger partial charge in [0, 0.05) is 37.6 Å². The van der Waals surface area contributed by atoms with Crippen molar-refractivity contribution in [2.24, 2.45) is 0 Å². The van der Waals surface area contributed by atoms with Crippen LogP contribution in [0.25, 0.3) is 0 Å². The molecule has 0 aliphatic rings. The second kappa shape index (κ2) is 7.34. The smallest absolute Gasteiger partial charge is 0.242 e. The minimum atomic E-state index is -3.46. The maximum absolute atomic E-state index is 12.4. The molecule has 2 aromatic heterocycles. The Morgan fingerprint density at radius 2 is 2.00 bits per heavy atom. The van der Waals surface area contributed by atoms with Crippen LogP contribution in [0.15, 0.2) is 26.9 Å². The van der Waals surface area contributed by atoms with Gasteiger partial charge in [-0.2, -0.15) is 0 Å². The molecule has 0 bridgehead atoms. The van der Waals surface area contributed by atoms with E-state index in [9.17, 15) is 8.42 Å². The van der Waals surface area contributed by atoms with Gasteiger partial charge >= 0.3 is 0 Å². The number of hydrogen-bond donors (Lipinski definition) is 2.